The Morgan fingerprint density at radius 1 is 1.30 bits per heavy atom. The summed E-state index contributed by atoms with van der Waals surface area (Å²) in [6.07, 6.45) is 2.82. The lowest BCUT2D eigenvalue weighted by atomic mass is 9.74. The Hall–Kier alpha value is -1.90. The maximum atomic E-state index is 12.0. The first-order valence-corrected chi connectivity index (χ1v) is 12.5. The van der Waals surface area contributed by atoms with Crippen LogP contribution in [0.25, 0.3) is 11.3 Å². The number of nitrogens with one attached hydrogen (secondary N) is 1. The zero-order valence-corrected chi connectivity index (χ0v) is 18.9. The molecule has 8 heteroatoms. The van der Waals surface area contributed by atoms with Crippen LogP contribution in [0.3, 0.4) is 0 Å². The standard InChI is InChI=1S/C22H32N4O3S/c1-4-11-30(27,28)23-14-17-12-16-9-10-26(17)15-19(16)21-13-20(24-25(21)2)18-7-5-6-8-22(18)29-3/h5-8,13,16-17,19,23H,4,9-12,14-15H2,1-3H3/t16-,17+,19-/m0/s1. The molecule has 3 aliphatic rings. The van der Waals surface area contributed by atoms with E-state index in [0.717, 1.165) is 42.9 Å². The van der Waals surface area contributed by atoms with Crippen molar-refractivity contribution in [1.29, 1.82) is 0 Å². The Balaban J connectivity index is 1.49. The van der Waals surface area contributed by atoms with Crippen molar-refractivity contribution < 1.29 is 13.2 Å². The summed E-state index contributed by atoms with van der Waals surface area (Å²) in [5.74, 6) is 2.00. The zero-order valence-electron chi connectivity index (χ0n) is 18.0. The maximum absolute atomic E-state index is 12.0. The predicted molar refractivity (Wildman–Crippen MR) is 118 cm³/mol. The van der Waals surface area contributed by atoms with Gasteiger partial charge < -0.3 is 4.74 Å². The third kappa shape index (κ3) is 4.26. The molecule has 1 N–H and O–H groups in total. The summed E-state index contributed by atoms with van der Waals surface area (Å²) in [4.78, 5) is 2.45. The molecule has 4 heterocycles. The minimum atomic E-state index is -3.16. The second-order valence-electron chi connectivity index (χ2n) is 8.49. The first-order chi connectivity index (χ1) is 14.4. The number of para-hydroxylation sites is 1. The predicted octanol–water partition coefficient (Wildman–Crippen LogP) is 2.60. The Kier molecular flexibility index (Phi) is 6.18. The molecule has 0 aliphatic carbocycles. The number of sulfonamides is 1. The fourth-order valence-corrected chi connectivity index (χ4v) is 6.19. The van der Waals surface area contributed by atoms with Crippen LogP contribution in [-0.4, -0.2) is 61.6 Å². The van der Waals surface area contributed by atoms with E-state index in [4.69, 9.17) is 9.84 Å². The topological polar surface area (TPSA) is 76.5 Å². The van der Waals surface area contributed by atoms with Crippen LogP contribution >= 0.6 is 0 Å². The van der Waals surface area contributed by atoms with Gasteiger partial charge in [0.05, 0.1) is 18.6 Å². The first-order valence-electron chi connectivity index (χ1n) is 10.8. The van der Waals surface area contributed by atoms with Crippen molar-refractivity contribution in [2.24, 2.45) is 13.0 Å². The molecule has 1 unspecified atom stereocenters. The van der Waals surface area contributed by atoms with Crippen LogP contribution in [0.15, 0.2) is 30.3 Å². The SMILES string of the molecule is CCCS(=O)(=O)NC[C@H]1C[C@@H]2CCN1C[C@@H]2c1cc(-c2ccccc2OC)nn1C. The fourth-order valence-electron chi connectivity index (χ4n) is 5.07. The lowest BCUT2D eigenvalue weighted by Crippen LogP contribution is -2.56. The first kappa shape index (κ1) is 21.3. The van der Waals surface area contributed by atoms with E-state index in [9.17, 15) is 8.42 Å². The average molecular weight is 433 g/mol. The minimum Gasteiger partial charge on any atom is -0.496 e. The summed E-state index contributed by atoms with van der Waals surface area (Å²) in [6, 6.07) is 10.5. The number of rotatable bonds is 8. The molecule has 7 nitrogen and oxygen atoms in total. The van der Waals surface area contributed by atoms with Crippen LogP contribution in [-0.2, 0) is 17.1 Å². The third-order valence-electron chi connectivity index (χ3n) is 6.57. The van der Waals surface area contributed by atoms with Crippen molar-refractivity contribution >= 4 is 10.0 Å². The smallest absolute Gasteiger partial charge is 0.211 e. The van der Waals surface area contributed by atoms with Crippen LogP contribution in [0.5, 0.6) is 5.75 Å². The lowest BCUT2D eigenvalue weighted by molar-refractivity contribution is 0.0306. The summed E-state index contributed by atoms with van der Waals surface area (Å²) in [5.41, 5.74) is 3.19. The molecular weight excluding hydrogens is 400 g/mol. The number of piperidine rings is 3. The number of nitrogens with zero attached hydrogens (tertiary/aromatic N) is 3. The number of benzene rings is 1. The van der Waals surface area contributed by atoms with Crippen molar-refractivity contribution in [1.82, 2.24) is 19.4 Å². The number of ether oxygens (including phenoxy) is 1. The van der Waals surface area contributed by atoms with Crippen LogP contribution in [0.4, 0.5) is 0 Å². The number of hydrogen-bond acceptors (Lipinski definition) is 5. The number of fused-ring (bicyclic) bond motifs is 3. The zero-order chi connectivity index (χ0) is 21.3. The number of methoxy groups -OCH3 is 1. The van der Waals surface area contributed by atoms with Gasteiger partial charge >= 0.3 is 0 Å². The van der Waals surface area contributed by atoms with E-state index in [1.807, 2.05) is 42.9 Å². The van der Waals surface area contributed by atoms with Crippen molar-refractivity contribution in [2.45, 2.75) is 38.1 Å². The highest BCUT2D eigenvalue weighted by molar-refractivity contribution is 7.89. The van der Waals surface area contributed by atoms with E-state index in [2.05, 4.69) is 15.7 Å². The van der Waals surface area contributed by atoms with E-state index >= 15 is 0 Å². The van der Waals surface area contributed by atoms with Gasteiger partial charge in [0.15, 0.2) is 0 Å². The summed E-state index contributed by atoms with van der Waals surface area (Å²) < 4.78 is 34.4. The van der Waals surface area contributed by atoms with E-state index in [1.54, 1.807) is 7.11 Å². The summed E-state index contributed by atoms with van der Waals surface area (Å²) in [7, 11) is 0.545. The maximum Gasteiger partial charge on any atom is 0.211 e. The van der Waals surface area contributed by atoms with Gasteiger partial charge in [-0.3, -0.25) is 9.58 Å². The van der Waals surface area contributed by atoms with Crippen molar-refractivity contribution in [3.05, 3.63) is 36.0 Å². The molecular formula is C22H32N4O3S. The van der Waals surface area contributed by atoms with Crippen molar-refractivity contribution in [3.63, 3.8) is 0 Å². The van der Waals surface area contributed by atoms with E-state index in [-0.39, 0.29) is 11.8 Å². The second-order valence-corrected chi connectivity index (χ2v) is 10.4. The largest absolute Gasteiger partial charge is 0.496 e. The van der Waals surface area contributed by atoms with Gasteiger partial charge in [0.2, 0.25) is 10.0 Å². The molecule has 0 saturated carbocycles. The molecule has 1 aromatic carbocycles. The molecule has 2 aromatic rings. The molecule has 0 amide bonds. The number of hydrogen-bond donors (Lipinski definition) is 1. The third-order valence-corrected chi connectivity index (χ3v) is 8.12. The van der Waals surface area contributed by atoms with Crippen molar-refractivity contribution in [3.8, 4) is 17.0 Å². The molecule has 164 valence electrons. The van der Waals surface area contributed by atoms with E-state index < -0.39 is 10.0 Å². The average Bonchev–Trinajstić information content (AvgIpc) is 3.14. The molecule has 2 bridgehead atoms. The van der Waals surface area contributed by atoms with Crippen LogP contribution in [0.2, 0.25) is 0 Å². The highest BCUT2D eigenvalue weighted by Gasteiger charge is 2.42. The monoisotopic (exact) mass is 432 g/mol. The summed E-state index contributed by atoms with van der Waals surface area (Å²) in [6.45, 7) is 4.40. The van der Waals surface area contributed by atoms with Gasteiger partial charge in [0.1, 0.15) is 5.75 Å². The minimum absolute atomic E-state index is 0.201. The highest BCUT2D eigenvalue weighted by Crippen LogP contribution is 2.42. The molecule has 1 aromatic heterocycles. The fraction of sp³-hybridized carbons (Fsp3) is 0.591. The van der Waals surface area contributed by atoms with Crippen molar-refractivity contribution in [2.75, 3.05) is 32.5 Å². The summed E-state index contributed by atoms with van der Waals surface area (Å²) >= 11 is 0. The molecule has 4 atom stereocenters. The van der Waals surface area contributed by atoms with Gasteiger partial charge in [-0.05, 0) is 49.9 Å². The Bertz CT molecular complexity index is 988. The highest BCUT2D eigenvalue weighted by atomic mass is 32.2. The van der Waals surface area contributed by atoms with Gasteiger partial charge in [-0.25, -0.2) is 13.1 Å². The lowest BCUT2D eigenvalue weighted by Gasteiger charge is -2.49. The normalized spacial score (nSPS) is 26.1. The Labute approximate surface area is 179 Å². The van der Waals surface area contributed by atoms with Gasteiger partial charge in [-0.2, -0.15) is 5.10 Å². The van der Waals surface area contributed by atoms with E-state index in [1.165, 1.54) is 5.69 Å². The van der Waals surface area contributed by atoms with Crippen LogP contribution < -0.4 is 9.46 Å². The molecule has 0 radical (unpaired) electrons. The Morgan fingerprint density at radius 2 is 2.10 bits per heavy atom. The van der Waals surface area contributed by atoms with Crippen LogP contribution in [0, 0.1) is 5.92 Å². The van der Waals surface area contributed by atoms with Gasteiger partial charge in [0, 0.05) is 43.4 Å². The number of aromatic nitrogens is 2. The quantitative estimate of drug-likeness (QED) is 0.694. The van der Waals surface area contributed by atoms with Crippen LogP contribution in [0.1, 0.15) is 37.8 Å². The molecule has 30 heavy (non-hydrogen) atoms. The Morgan fingerprint density at radius 3 is 2.80 bits per heavy atom. The van der Waals surface area contributed by atoms with Gasteiger partial charge in [0.25, 0.3) is 0 Å². The van der Waals surface area contributed by atoms with E-state index in [0.29, 0.717) is 24.8 Å². The number of aryl methyl sites for hydroxylation is 1. The molecule has 0 spiro atoms. The second kappa shape index (κ2) is 8.69. The van der Waals surface area contributed by atoms with Gasteiger partial charge in [-0.1, -0.05) is 19.1 Å². The summed E-state index contributed by atoms with van der Waals surface area (Å²) in [5, 5.41) is 4.78. The molecule has 3 saturated heterocycles. The molecule has 3 fully saturated rings. The van der Waals surface area contributed by atoms with Gasteiger partial charge in [-0.15, -0.1) is 0 Å². The molecule has 3 aliphatic heterocycles. The molecule has 5 rings (SSSR count).